The van der Waals surface area contributed by atoms with Gasteiger partial charge in [-0.1, -0.05) is 12.1 Å². The molecule has 128 valence electrons. The third-order valence-corrected chi connectivity index (χ3v) is 4.38. The smallest absolute Gasteiger partial charge is 0.193 e. The van der Waals surface area contributed by atoms with Crippen LogP contribution in [0.4, 0.5) is 4.39 Å². The van der Waals surface area contributed by atoms with Gasteiger partial charge in [-0.25, -0.2) is 4.39 Å². The van der Waals surface area contributed by atoms with Gasteiger partial charge in [0.2, 0.25) is 0 Å². The fraction of sp³-hybridized carbons (Fsp3) is 0.588. The molecule has 23 heavy (non-hydrogen) atoms. The van der Waals surface area contributed by atoms with E-state index in [4.69, 9.17) is 0 Å². The first-order valence-electron chi connectivity index (χ1n) is 8.04. The van der Waals surface area contributed by atoms with Crippen molar-refractivity contribution < 1.29 is 4.39 Å². The van der Waals surface area contributed by atoms with Gasteiger partial charge in [0.05, 0.1) is 0 Å². The molecular formula is C17H28FN5. The first-order valence-corrected chi connectivity index (χ1v) is 8.04. The summed E-state index contributed by atoms with van der Waals surface area (Å²) in [5.74, 6) is 0.652. The molecule has 1 aliphatic rings. The number of hydrogen-bond acceptors (Lipinski definition) is 3. The molecule has 0 aliphatic carbocycles. The predicted molar refractivity (Wildman–Crippen MR) is 93.1 cm³/mol. The second-order valence-corrected chi connectivity index (χ2v) is 6.31. The van der Waals surface area contributed by atoms with Crippen molar-refractivity contribution in [1.29, 1.82) is 0 Å². The van der Waals surface area contributed by atoms with Crippen LogP contribution in [0.3, 0.4) is 0 Å². The van der Waals surface area contributed by atoms with Crippen LogP contribution in [0, 0.1) is 5.82 Å². The Morgan fingerprint density at radius 1 is 1.30 bits per heavy atom. The Morgan fingerprint density at radius 3 is 2.65 bits per heavy atom. The molecule has 1 unspecified atom stereocenters. The maximum absolute atomic E-state index is 13.0. The largest absolute Gasteiger partial charge is 0.355 e. The van der Waals surface area contributed by atoms with Crippen LogP contribution in [0.25, 0.3) is 0 Å². The minimum Gasteiger partial charge on any atom is -0.355 e. The third-order valence-electron chi connectivity index (χ3n) is 4.38. The summed E-state index contributed by atoms with van der Waals surface area (Å²) in [7, 11) is 8.12. The van der Waals surface area contributed by atoms with Gasteiger partial charge in [0.15, 0.2) is 5.96 Å². The van der Waals surface area contributed by atoms with Gasteiger partial charge in [-0.2, -0.15) is 0 Å². The van der Waals surface area contributed by atoms with Crippen LogP contribution in [-0.4, -0.2) is 81.1 Å². The number of aliphatic imine (C=N–C) groups is 1. The zero-order chi connectivity index (χ0) is 16.8. The zero-order valence-electron chi connectivity index (χ0n) is 14.6. The van der Waals surface area contributed by atoms with Crippen LogP contribution >= 0.6 is 0 Å². The van der Waals surface area contributed by atoms with E-state index in [0.29, 0.717) is 12.6 Å². The number of nitrogens with zero attached hydrogens (tertiary/aromatic N) is 4. The Morgan fingerprint density at radius 2 is 2.00 bits per heavy atom. The molecule has 0 aromatic heterocycles. The number of guanidine groups is 1. The van der Waals surface area contributed by atoms with Crippen LogP contribution in [0.1, 0.15) is 5.56 Å². The SMILES string of the molecule is CN=C(NCC1CN(C)CCN1C)N(C)Cc1ccc(F)cc1. The van der Waals surface area contributed by atoms with E-state index in [-0.39, 0.29) is 5.82 Å². The number of halogens is 1. The van der Waals surface area contributed by atoms with Gasteiger partial charge in [0.1, 0.15) is 5.82 Å². The first-order chi connectivity index (χ1) is 11.0. The van der Waals surface area contributed by atoms with Crippen molar-refractivity contribution in [3.8, 4) is 0 Å². The first kappa shape index (κ1) is 17.7. The maximum atomic E-state index is 13.0. The molecule has 2 rings (SSSR count). The van der Waals surface area contributed by atoms with Crippen molar-refractivity contribution in [2.24, 2.45) is 4.99 Å². The van der Waals surface area contributed by atoms with E-state index in [1.165, 1.54) is 12.1 Å². The van der Waals surface area contributed by atoms with Gasteiger partial charge < -0.3 is 15.1 Å². The lowest BCUT2D eigenvalue weighted by atomic mass is 10.2. The van der Waals surface area contributed by atoms with Gasteiger partial charge in [-0.15, -0.1) is 0 Å². The van der Waals surface area contributed by atoms with Gasteiger partial charge >= 0.3 is 0 Å². The number of rotatable bonds is 4. The fourth-order valence-corrected chi connectivity index (χ4v) is 2.85. The number of benzene rings is 1. The quantitative estimate of drug-likeness (QED) is 0.665. The maximum Gasteiger partial charge on any atom is 0.193 e. The molecule has 5 nitrogen and oxygen atoms in total. The Bertz CT molecular complexity index is 516. The summed E-state index contributed by atoms with van der Waals surface area (Å²) >= 11 is 0. The molecule has 6 heteroatoms. The molecule has 1 aromatic rings. The molecule has 1 aromatic carbocycles. The lowest BCUT2D eigenvalue weighted by Crippen LogP contribution is -2.55. The topological polar surface area (TPSA) is 34.1 Å². The van der Waals surface area contributed by atoms with E-state index in [2.05, 4.69) is 39.1 Å². The van der Waals surface area contributed by atoms with E-state index < -0.39 is 0 Å². The predicted octanol–water partition coefficient (Wildman–Crippen LogP) is 1.08. The number of hydrogen-bond donors (Lipinski definition) is 1. The highest BCUT2D eigenvalue weighted by Gasteiger charge is 2.22. The average Bonchev–Trinajstić information content (AvgIpc) is 2.53. The monoisotopic (exact) mass is 321 g/mol. The van der Waals surface area contributed by atoms with Gasteiger partial charge in [-0.05, 0) is 31.8 Å². The number of piperazine rings is 1. The molecule has 1 heterocycles. The summed E-state index contributed by atoms with van der Waals surface area (Å²) in [4.78, 5) is 11.2. The highest BCUT2D eigenvalue weighted by Crippen LogP contribution is 2.07. The molecule has 0 spiro atoms. The lowest BCUT2D eigenvalue weighted by Gasteiger charge is -2.38. The van der Waals surface area contributed by atoms with Crippen LogP contribution in [0.5, 0.6) is 0 Å². The van der Waals surface area contributed by atoms with Gasteiger partial charge in [-0.3, -0.25) is 9.89 Å². The van der Waals surface area contributed by atoms with Gasteiger partial charge in [0.25, 0.3) is 0 Å². The van der Waals surface area contributed by atoms with Gasteiger partial charge in [0, 0.05) is 52.9 Å². The van der Waals surface area contributed by atoms with Crippen LogP contribution in [-0.2, 0) is 6.54 Å². The molecule has 1 aliphatic heterocycles. The molecule has 1 fully saturated rings. The minimum atomic E-state index is -0.205. The lowest BCUT2D eigenvalue weighted by molar-refractivity contribution is 0.116. The van der Waals surface area contributed by atoms with Crippen molar-refractivity contribution in [2.45, 2.75) is 12.6 Å². The molecule has 1 saturated heterocycles. The van der Waals surface area contributed by atoms with E-state index in [9.17, 15) is 4.39 Å². The van der Waals surface area contributed by atoms with Crippen molar-refractivity contribution in [3.05, 3.63) is 35.6 Å². The minimum absolute atomic E-state index is 0.205. The van der Waals surface area contributed by atoms with Crippen molar-refractivity contribution in [2.75, 3.05) is 54.4 Å². The fourth-order valence-electron chi connectivity index (χ4n) is 2.85. The highest BCUT2D eigenvalue weighted by molar-refractivity contribution is 5.79. The third kappa shape index (κ3) is 5.18. The molecule has 0 amide bonds. The Balaban J connectivity index is 1.87. The molecule has 0 bridgehead atoms. The standard InChI is InChI=1S/C17H28FN5/c1-19-17(20-11-16-13-21(2)9-10-22(16)3)23(4)12-14-5-7-15(18)8-6-14/h5-8,16H,9-13H2,1-4H3,(H,19,20). The normalized spacial score (nSPS) is 20.6. The van der Waals surface area contributed by atoms with E-state index >= 15 is 0 Å². The van der Waals surface area contributed by atoms with Crippen molar-refractivity contribution in [1.82, 2.24) is 20.0 Å². The molecule has 1 atom stereocenters. The zero-order valence-corrected chi connectivity index (χ0v) is 14.6. The summed E-state index contributed by atoms with van der Waals surface area (Å²) < 4.78 is 13.0. The number of nitrogens with one attached hydrogen (secondary N) is 1. The van der Waals surface area contributed by atoms with Crippen LogP contribution in [0.2, 0.25) is 0 Å². The summed E-state index contributed by atoms with van der Waals surface area (Å²) in [5.41, 5.74) is 1.06. The van der Waals surface area contributed by atoms with E-state index in [1.807, 2.05) is 19.2 Å². The summed E-state index contributed by atoms with van der Waals surface area (Å²) in [6, 6.07) is 7.08. The Kier molecular flexibility index (Phi) is 6.36. The average molecular weight is 321 g/mol. The Labute approximate surface area is 138 Å². The van der Waals surface area contributed by atoms with Crippen LogP contribution in [0.15, 0.2) is 29.3 Å². The van der Waals surface area contributed by atoms with Crippen molar-refractivity contribution in [3.63, 3.8) is 0 Å². The Hall–Kier alpha value is -1.66. The molecule has 1 N–H and O–H groups in total. The number of likely N-dealkylation sites (N-methyl/N-ethyl adjacent to an activating group) is 2. The highest BCUT2D eigenvalue weighted by atomic mass is 19.1. The second-order valence-electron chi connectivity index (χ2n) is 6.31. The molecule has 0 radical (unpaired) electrons. The summed E-state index contributed by atoms with van der Waals surface area (Å²) in [6.07, 6.45) is 0. The molecular weight excluding hydrogens is 293 g/mol. The van der Waals surface area contributed by atoms with Crippen molar-refractivity contribution >= 4 is 5.96 Å². The van der Waals surface area contributed by atoms with E-state index in [1.54, 1.807) is 7.05 Å². The van der Waals surface area contributed by atoms with E-state index in [0.717, 1.165) is 37.7 Å². The summed E-state index contributed by atoms with van der Waals surface area (Å²) in [5, 5.41) is 3.46. The second kappa shape index (κ2) is 8.26. The molecule has 0 saturated carbocycles. The summed E-state index contributed by atoms with van der Waals surface area (Å²) in [6.45, 7) is 4.82. The van der Waals surface area contributed by atoms with Crippen LogP contribution < -0.4 is 5.32 Å².